The van der Waals surface area contributed by atoms with E-state index in [0.717, 1.165) is 24.9 Å². The molecule has 2 rings (SSSR count). The first-order chi connectivity index (χ1) is 7.29. The molecule has 88 valence electrons. The number of nitrogens with one attached hydrogen (secondary N) is 1. The van der Waals surface area contributed by atoms with E-state index in [1.807, 2.05) is 0 Å². The number of rotatable bonds is 5. The highest BCUT2D eigenvalue weighted by Crippen LogP contribution is 2.36. The Morgan fingerprint density at radius 2 is 2.13 bits per heavy atom. The van der Waals surface area contributed by atoms with Gasteiger partial charge in [-0.3, -0.25) is 0 Å². The van der Waals surface area contributed by atoms with Crippen LogP contribution in [0.15, 0.2) is 0 Å². The maximum Gasteiger partial charge on any atom is 0.0587 e. The van der Waals surface area contributed by atoms with Crippen LogP contribution in [0.3, 0.4) is 0 Å². The lowest BCUT2D eigenvalue weighted by molar-refractivity contribution is -0.000609. The van der Waals surface area contributed by atoms with E-state index in [4.69, 9.17) is 4.74 Å². The van der Waals surface area contributed by atoms with E-state index in [0.29, 0.717) is 12.1 Å². The Kier molecular flexibility index (Phi) is 4.04. The third-order valence-electron chi connectivity index (χ3n) is 3.98. The zero-order valence-corrected chi connectivity index (χ0v) is 10.2. The first-order valence-electron chi connectivity index (χ1n) is 6.64. The molecule has 3 atom stereocenters. The van der Waals surface area contributed by atoms with Crippen LogP contribution in [0, 0.1) is 11.8 Å². The van der Waals surface area contributed by atoms with Gasteiger partial charge in [0.15, 0.2) is 0 Å². The zero-order valence-electron chi connectivity index (χ0n) is 10.2. The molecule has 3 unspecified atom stereocenters. The Labute approximate surface area is 93.8 Å². The van der Waals surface area contributed by atoms with Gasteiger partial charge in [0.25, 0.3) is 0 Å². The molecule has 15 heavy (non-hydrogen) atoms. The maximum atomic E-state index is 5.68. The van der Waals surface area contributed by atoms with Crippen LogP contribution in [0.5, 0.6) is 0 Å². The summed E-state index contributed by atoms with van der Waals surface area (Å²) >= 11 is 0. The predicted molar refractivity (Wildman–Crippen MR) is 62.9 cm³/mol. The van der Waals surface area contributed by atoms with Gasteiger partial charge in [0.05, 0.1) is 6.10 Å². The van der Waals surface area contributed by atoms with Crippen LogP contribution in [-0.4, -0.2) is 25.3 Å². The molecular formula is C13H25NO. The number of hydrogen-bond acceptors (Lipinski definition) is 2. The van der Waals surface area contributed by atoms with E-state index in [9.17, 15) is 0 Å². The average molecular weight is 211 g/mol. The minimum atomic E-state index is 0.507. The number of hydrogen-bond donors (Lipinski definition) is 1. The normalized spacial score (nSPS) is 34.0. The summed E-state index contributed by atoms with van der Waals surface area (Å²) in [6.07, 6.45) is 7.02. The Morgan fingerprint density at radius 1 is 1.33 bits per heavy atom. The lowest BCUT2D eigenvalue weighted by Crippen LogP contribution is -2.40. The predicted octanol–water partition coefficient (Wildman–Crippen LogP) is 2.58. The van der Waals surface area contributed by atoms with Crippen molar-refractivity contribution in [1.29, 1.82) is 0 Å². The maximum absolute atomic E-state index is 5.68. The molecule has 2 aliphatic rings. The van der Waals surface area contributed by atoms with Crippen molar-refractivity contribution in [3.63, 3.8) is 0 Å². The molecule has 1 aliphatic carbocycles. The lowest BCUT2D eigenvalue weighted by atomic mass is 10.00. The summed E-state index contributed by atoms with van der Waals surface area (Å²) in [5.74, 6) is 1.91. The molecule has 0 aromatic heterocycles. The minimum Gasteiger partial charge on any atom is -0.378 e. The van der Waals surface area contributed by atoms with Crippen molar-refractivity contribution in [2.45, 2.75) is 58.1 Å². The summed E-state index contributed by atoms with van der Waals surface area (Å²) < 4.78 is 5.68. The van der Waals surface area contributed by atoms with Gasteiger partial charge in [-0.15, -0.1) is 0 Å². The molecule has 2 nitrogen and oxygen atoms in total. The molecule has 2 fully saturated rings. The third kappa shape index (κ3) is 3.46. The van der Waals surface area contributed by atoms with Crippen molar-refractivity contribution in [3.8, 4) is 0 Å². The highest BCUT2D eigenvalue weighted by atomic mass is 16.5. The van der Waals surface area contributed by atoms with Gasteiger partial charge in [-0.1, -0.05) is 13.8 Å². The molecule has 2 heteroatoms. The van der Waals surface area contributed by atoms with E-state index in [-0.39, 0.29) is 0 Å². The van der Waals surface area contributed by atoms with Crippen LogP contribution in [0.1, 0.15) is 46.0 Å². The Bertz CT molecular complexity index is 191. The molecule has 1 saturated heterocycles. The van der Waals surface area contributed by atoms with Crippen molar-refractivity contribution in [2.24, 2.45) is 11.8 Å². The summed E-state index contributed by atoms with van der Waals surface area (Å²) in [6.45, 7) is 6.78. The summed E-state index contributed by atoms with van der Waals surface area (Å²) in [5.41, 5.74) is 0. The monoisotopic (exact) mass is 211 g/mol. The molecule has 1 aliphatic heterocycles. The fraction of sp³-hybridized carbons (Fsp3) is 1.00. The summed E-state index contributed by atoms with van der Waals surface area (Å²) in [6, 6.07) is 0.713. The molecule has 1 heterocycles. The van der Waals surface area contributed by atoms with Gasteiger partial charge < -0.3 is 10.1 Å². The molecular weight excluding hydrogens is 186 g/mol. The zero-order chi connectivity index (χ0) is 10.7. The van der Waals surface area contributed by atoms with Gasteiger partial charge in [-0.25, -0.2) is 0 Å². The van der Waals surface area contributed by atoms with E-state index in [1.54, 1.807) is 0 Å². The fourth-order valence-corrected chi connectivity index (χ4v) is 2.53. The molecule has 0 spiro atoms. The largest absolute Gasteiger partial charge is 0.378 e. The topological polar surface area (TPSA) is 21.3 Å². The van der Waals surface area contributed by atoms with E-state index in [2.05, 4.69) is 19.2 Å². The van der Waals surface area contributed by atoms with E-state index < -0.39 is 0 Å². The van der Waals surface area contributed by atoms with Crippen LogP contribution in [0.4, 0.5) is 0 Å². The molecule has 1 saturated carbocycles. The van der Waals surface area contributed by atoms with Crippen molar-refractivity contribution < 1.29 is 4.74 Å². The van der Waals surface area contributed by atoms with Crippen LogP contribution in [-0.2, 0) is 4.74 Å². The fourth-order valence-electron chi connectivity index (χ4n) is 2.53. The smallest absolute Gasteiger partial charge is 0.0587 e. The number of ether oxygens (including phenoxy) is 1. The third-order valence-corrected chi connectivity index (χ3v) is 3.98. The van der Waals surface area contributed by atoms with Crippen LogP contribution >= 0.6 is 0 Å². The second kappa shape index (κ2) is 5.31. The van der Waals surface area contributed by atoms with E-state index >= 15 is 0 Å². The molecule has 0 radical (unpaired) electrons. The van der Waals surface area contributed by atoms with Gasteiger partial charge in [0, 0.05) is 12.6 Å². The SMILES string of the molecule is CCC1CC(NCC(C)C2CC2)CCO1. The quantitative estimate of drug-likeness (QED) is 0.754. The van der Waals surface area contributed by atoms with Crippen LogP contribution in [0.2, 0.25) is 0 Å². The highest BCUT2D eigenvalue weighted by molar-refractivity contribution is 4.82. The van der Waals surface area contributed by atoms with Gasteiger partial charge in [0.1, 0.15) is 0 Å². The second-order valence-corrected chi connectivity index (χ2v) is 5.35. The average Bonchev–Trinajstić information content (AvgIpc) is 3.10. The van der Waals surface area contributed by atoms with Gasteiger partial charge in [-0.2, -0.15) is 0 Å². The van der Waals surface area contributed by atoms with Gasteiger partial charge in [-0.05, 0) is 50.5 Å². The van der Waals surface area contributed by atoms with E-state index in [1.165, 1.54) is 32.2 Å². The Morgan fingerprint density at radius 3 is 2.80 bits per heavy atom. The van der Waals surface area contributed by atoms with Crippen LogP contribution in [0.25, 0.3) is 0 Å². The highest BCUT2D eigenvalue weighted by Gasteiger charge is 2.28. The summed E-state index contributed by atoms with van der Waals surface area (Å²) in [4.78, 5) is 0. The molecule has 0 aromatic rings. The van der Waals surface area contributed by atoms with Gasteiger partial charge >= 0.3 is 0 Å². The standard InChI is InChI=1S/C13H25NO/c1-3-13-8-12(6-7-15-13)14-9-10(2)11-4-5-11/h10-14H,3-9H2,1-2H3. The summed E-state index contributed by atoms with van der Waals surface area (Å²) in [7, 11) is 0. The molecule has 0 bridgehead atoms. The molecule has 0 amide bonds. The van der Waals surface area contributed by atoms with Crippen molar-refractivity contribution in [3.05, 3.63) is 0 Å². The first-order valence-corrected chi connectivity index (χ1v) is 6.64. The summed E-state index contributed by atoms with van der Waals surface area (Å²) in [5, 5.41) is 3.73. The van der Waals surface area contributed by atoms with Crippen molar-refractivity contribution >= 4 is 0 Å². The first kappa shape index (κ1) is 11.4. The molecule has 0 aromatic carbocycles. The Hall–Kier alpha value is -0.0800. The van der Waals surface area contributed by atoms with Gasteiger partial charge in [0.2, 0.25) is 0 Å². The Balaban J connectivity index is 1.64. The molecule has 1 N–H and O–H groups in total. The van der Waals surface area contributed by atoms with Crippen LogP contribution < -0.4 is 5.32 Å². The van der Waals surface area contributed by atoms with Crippen molar-refractivity contribution in [2.75, 3.05) is 13.2 Å². The van der Waals surface area contributed by atoms with Crippen molar-refractivity contribution in [1.82, 2.24) is 5.32 Å². The second-order valence-electron chi connectivity index (χ2n) is 5.35. The minimum absolute atomic E-state index is 0.507. The lowest BCUT2D eigenvalue weighted by Gasteiger charge is -2.30.